The lowest BCUT2D eigenvalue weighted by Gasteiger charge is -2.45. The first-order chi connectivity index (χ1) is 12.1. The number of ether oxygens (including phenoxy) is 2. The van der Waals surface area contributed by atoms with Crippen molar-refractivity contribution in [3.8, 4) is 5.75 Å². The molecule has 1 atom stereocenters. The summed E-state index contributed by atoms with van der Waals surface area (Å²) in [6, 6.07) is 7.63. The molecule has 0 aliphatic carbocycles. The molecule has 4 rings (SSSR count). The van der Waals surface area contributed by atoms with Crippen LogP contribution in [0, 0.1) is 0 Å². The van der Waals surface area contributed by atoms with E-state index in [9.17, 15) is 9.90 Å². The van der Waals surface area contributed by atoms with Crippen LogP contribution in [0.1, 0.15) is 36.2 Å². The van der Waals surface area contributed by atoms with Crippen molar-refractivity contribution in [3.63, 3.8) is 0 Å². The largest absolute Gasteiger partial charge is 0.497 e. The average Bonchev–Trinajstić information content (AvgIpc) is 3.04. The van der Waals surface area contributed by atoms with Gasteiger partial charge in [-0.2, -0.15) is 0 Å². The number of nitrogens with one attached hydrogen (secondary N) is 1. The van der Waals surface area contributed by atoms with E-state index < -0.39 is 0 Å². The highest BCUT2D eigenvalue weighted by atomic mass is 16.5. The SMILES string of the molecule is COc1ccc2cc(C(=O)N3CCC4(CC3)CC(O)CCO4)[nH]c2c1. The zero-order valence-electron chi connectivity index (χ0n) is 14.5. The van der Waals surface area contributed by atoms with E-state index in [1.807, 2.05) is 29.2 Å². The number of carbonyl (C=O) groups is 1. The van der Waals surface area contributed by atoms with Gasteiger partial charge in [0.05, 0.1) is 18.8 Å². The predicted octanol–water partition coefficient (Wildman–Crippen LogP) is 2.32. The normalized spacial score (nSPS) is 23.1. The molecule has 2 aromatic rings. The summed E-state index contributed by atoms with van der Waals surface area (Å²) in [6.07, 6.45) is 2.68. The quantitative estimate of drug-likeness (QED) is 0.877. The molecule has 2 N–H and O–H groups in total. The van der Waals surface area contributed by atoms with Crippen molar-refractivity contribution in [3.05, 3.63) is 30.0 Å². The number of piperidine rings is 1. The number of amides is 1. The number of nitrogens with zero attached hydrogens (tertiary/aromatic N) is 1. The molecule has 2 fully saturated rings. The number of carbonyl (C=O) groups excluding carboxylic acids is 1. The highest BCUT2D eigenvalue weighted by Crippen LogP contribution is 2.35. The Kier molecular flexibility index (Phi) is 4.17. The van der Waals surface area contributed by atoms with Gasteiger partial charge in [-0.15, -0.1) is 0 Å². The molecule has 0 saturated carbocycles. The number of aliphatic hydroxyl groups excluding tert-OH is 1. The van der Waals surface area contributed by atoms with Gasteiger partial charge in [-0.05, 0) is 37.5 Å². The third kappa shape index (κ3) is 3.12. The van der Waals surface area contributed by atoms with Crippen molar-refractivity contribution < 1.29 is 19.4 Å². The fraction of sp³-hybridized carbons (Fsp3) is 0.526. The van der Waals surface area contributed by atoms with Crippen LogP contribution in [-0.4, -0.2) is 59.4 Å². The number of hydrogen-bond acceptors (Lipinski definition) is 4. The van der Waals surface area contributed by atoms with Crippen molar-refractivity contribution in [1.29, 1.82) is 0 Å². The van der Waals surface area contributed by atoms with Gasteiger partial charge in [0.25, 0.3) is 5.91 Å². The second-order valence-electron chi connectivity index (χ2n) is 7.11. The Labute approximate surface area is 146 Å². The van der Waals surface area contributed by atoms with Crippen LogP contribution in [0.25, 0.3) is 10.9 Å². The van der Waals surface area contributed by atoms with Gasteiger partial charge in [0.15, 0.2) is 0 Å². The average molecular weight is 344 g/mol. The molecule has 6 heteroatoms. The molecular formula is C19H24N2O4. The Morgan fingerprint density at radius 1 is 1.36 bits per heavy atom. The Bertz CT molecular complexity index is 777. The van der Waals surface area contributed by atoms with Crippen LogP contribution in [0.4, 0.5) is 0 Å². The molecule has 2 aliphatic rings. The van der Waals surface area contributed by atoms with Gasteiger partial charge in [0.2, 0.25) is 0 Å². The summed E-state index contributed by atoms with van der Waals surface area (Å²) in [6.45, 7) is 1.92. The van der Waals surface area contributed by atoms with Crippen LogP contribution in [0.3, 0.4) is 0 Å². The summed E-state index contributed by atoms with van der Waals surface area (Å²) in [4.78, 5) is 17.9. The number of aliphatic hydroxyl groups is 1. The summed E-state index contributed by atoms with van der Waals surface area (Å²) in [7, 11) is 1.63. The number of H-pyrrole nitrogens is 1. The minimum atomic E-state index is -0.278. The number of fused-ring (bicyclic) bond motifs is 1. The lowest BCUT2D eigenvalue weighted by Crippen LogP contribution is -2.51. The van der Waals surface area contributed by atoms with Crippen LogP contribution in [0.15, 0.2) is 24.3 Å². The smallest absolute Gasteiger partial charge is 0.270 e. The van der Waals surface area contributed by atoms with Crippen LogP contribution in [0.5, 0.6) is 5.75 Å². The first-order valence-electron chi connectivity index (χ1n) is 8.87. The van der Waals surface area contributed by atoms with Gasteiger partial charge in [0, 0.05) is 43.1 Å². The predicted molar refractivity (Wildman–Crippen MR) is 93.9 cm³/mol. The van der Waals surface area contributed by atoms with Crippen molar-refractivity contribution in [2.45, 2.75) is 37.4 Å². The number of methoxy groups -OCH3 is 1. The van der Waals surface area contributed by atoms with E-state index in [0.29, 0.717) is 38.2 Å². The van der Waals surface area contributed by atoms with Gasteiger partial charge in [0.1, 0.15) is 11.4 Å². The number of aromatic nitrogens is 1. The Morgan fingerprint density at radius 2 is 2.16 bits per heavy atom. The highest BCUT2D eigenvalue weighted by molar-refractivity contribution is 5.98. The maximum atomic E-state index is 12.8. The summed E-state index contributed by atoms with van der Waals surface area (Å²) >= 11 is 0. The lowest BCUT2D eigenvalue weighted by molar-refractivity contribution is -0.139. The highest BCUT2D eigenvalue weighted by Gasteiger charge is 2.41. The first-order valence-corrected chi connectivity index (χ1v) is 8.87. The van der Waals surface area contributed by atoms with E-state index in [2.05, 4.69) is 4.98 Å². The van der Waals surface area contributed by atoms with Crippen molar-refractivity contribution >= 4 is 16.8 Å². The van der Waals surface area contributed by atoms with Crippen LogP contribution in [0.2, 0.25) is 0 Å². The van der Waals surface area contributed by atoms with Gasteiger partial charge < -0.3 is 24.5 Å². The number of aromatic amines is 1. The Hall–Kier alpha value is -2.05. The third-order valence-electron chi connectivity index (χ3n) is 5.49. The fourth-order valence-corrected chi connectivity index (χ4v) is 3.99. The minimum Gasteiger partial charge on any atom is -0.497 e. The van der Waals surface area contributed by atoms with Crippen LogP contribution >= 0.6 is 0 Å². The number of hydrogen-bond donors (Lipinski definition) is 2. The zero-order chi connectivity index (χ0) is 17.4. The summed E-state index contributed by atoms with van der Waals surface area (Å²) < 4.78 is 11.2. The van der Waals surface area contributed by atoms with Gasteiger partial charge >= 0.3 is 0 Å². The van der Waals surface area contributed by atoms with E-state index in [0.717, 1.165) is 29.5 Å². The Morgan fingerprint density at radius 3 is 2.88 bits per heavy atom. The molecule has 134 valence electrons. The molecule has 1 unspecified atom stereocenters. The fourth-order valence-electron chi connectivity index (χ4n) is 3.99. The van der Waals surface area contributed by atoms with E-state index in [4.69, 9.17) is 9.47 Å². The summed E-state index contributed by atoms with van der Waals surface area (Å²) in [5.74, 6) is 0.780. The molecular weight excluding hydrogens is 320 g/mol. The monoisotopic (exact) mass is 344 g/mol. The molecule has 2 aliphatic heterocycles. The van der Waals surface area contributed by atoms with Gasteiger partial charge in [-0.25, -0.2) is 0 Å². The Balaban J connectivity index is 1.47. The standard InChI is InChI=1S/C19H24N2O4/c1-24-15-3-2-13-10-17(20-16(13)11-15)18(23)21-7-5-19(6-8-21)12-14(22)4-9-25-19/h2-3,10-11,14,20,22H,4-9,12H2,1H3. The molecule has 1 amide bonds. The molecule has 1 spiro atoms. The molecule has 0 bridgehead atoms. The molecule has 0 radical (unpaired) electrons. The van der Waals surface area contributed by atoms with Gasteiger partial charge in [-0.1, -0.05) is 0 Å². The minimum absolute atomic E-state index is 0.0152. The second kappa shape index (κ2) is 6.35. The van der Waals surface area contributed by atoms with Gasteiger partial charge in [-0.3, -0.25) is 4.79 Å². The van der Waals surface area contributed by atoms with Crippen LogP contribution in [-0.2, 0) is 4.74 Å². The maximum absolute atomic E-state index is 12.8. The lowest BCUT2D eigenvalue weighted by atomic mass is 9.83. The topological polar surface area (TPSA) is 74.8 Å². The molecule has 25 heavy (non-hydrogen) atoms. The molecule has 3 heterocycles. The summed E-state index contributed by atoms with van der Waals surface area (Å²) in [5.41, 5.74) is 1.25. The second-order valence-corrected chi connectivity index (χ2v) is 7.11. The molecule has 2 saturated heterocycles. The first kappa shape index (κ1) is 16.4. The van der Waals surface area contributed by atoms with Crippen molar-refractivity contribution in [2.24, 2.45) is 0 Å². The zero-order valence-corrected chi connectivity index (χ0v) is 14.5. The molecule has 1 aromatic carbocycles. The van der Waals surface area contributed by atoms with Crippen molar-refractivity contribution in [2.75, 3.05) is 26.8 Å². The van der Waals surface area contributed by atoms with E-state index in [1.54, 1.807) is 7.11 Å². The summed E-state index contributed by atoms with van der Waals surface area (Å²) in [5, 5.41) is 10.9. The number of benzene rings is 1. The number of likely N-dealkylation sites (tertiary alicyclic amines) is 1. The van der Waals surface area contributed by atoms with Crippen molar-refractivity contribution in [1.82, 2.24) is 9.88 Å². The van der Waals surface area contributed by atoms with Crippen LogP contribution < -0.4 is 4.74 Å². The maximum Gasteiger partial charge on any atom is 0.270 e. The van der Waals surface area contributed by atoms with E-state index in [1.165, 1.54) is 0 Å². The molecule has 6 nitrogen and oxygen atoms in total. The number of rotatable bonds is 2. The van der Waals surface area contributed by atoms with E-state index in [-0.39, 0.29) is 17.6 Å². The molecule has 1 aromatic heterocycles. The van der Waals surface area contributed by atoms with E-state index >= 15 is 0 Å². The third-order valence-corrected chi connectivity index (χ3v) is 5.49.